The van der Waals surface area contributed by atoms with Crippen molar-refractivity contribution < 1.29 is 26.9 Å². The van der Waals surface area contributed by atoms with Gasteiger partial charge in [-0.25, -0.2) is 4.79 Å². The standard InChI is InChI=1S/C19H19N3O7S.2C2H6.C2H4/c1-30(26,27)29-12-14-9-21-17(24)10-20(15-7-8-16(23)22(14)18(15)21)19(25)28-11-13-5-3-2-4-6-13;3*1-2/h2-8,14H,9-12H2,1H3;2*1-2H3;1-2H2. The van der Waals surface area contributed by atoms with Gasteiger partial charge in [0, 0.05) is 6.07 Å². The number of pyridine rings is 1. The monoisotopic (exact) mass is 521 g/mol. The summed E-state index contributed by atoms with van der Waals surface area (Å²) in [6.45, 7) is 13.6. The number of anilines is 2. The second kappa shape index (κ2) is 14.2. The minimum Gasteiger partial charge on any atom is -0.444 e. The molecule has 0 radical (unpaired) electrons. The Hall–Kier alpha value is -3.44. The highest BCUT2D eigenvalue weighted by atomic mass is 32.2. The SMILES string of the molecule is C=C.CC.CC.CS(=O)(=O)OCC1CN2C(=O)CN(C(=O)OCc3ccccc3)c3ccc(=O)n1c32. The quantitative estimate of drug-likeness (QED) is 0.435. The zero-order valence-corrected chi connectivity index (χ0v) is 22.3. The van der Waals surface area contributed by atoms with E-state index in [4.69, 9.17) is 8.92 Å². The molecular weight excluding hydrogens is 486 g/mol. The second-order valence-electron chi connectivity index (χ2n) is 7.02. The van der Waals surface area contributed by atoms with Crippen LogP contribution in [0.2, 0.25) is 0 Å². The van der Waals surface area contributed by atoms with Crippen molar-refractivity contribution in [1.29, 1.82) is 0 Å². The van der Waals surface area contributed by atoms with E-state index in [-0.39, 0.29) is 32.1 Å². The molecule has 4 rings (SSSR count). The fraction of sp³-hybridized carbons (Fsp3) is 0.400. The molecular formula is C25H35N3O7S. The van der Waals surface area contributed by atoms with Crippen molar-refractivity contribution >= 4 is 33.6 Å². The van der Waals surface area contributed by atoms with E-state index in [2.05, 4.69) is 13.2 Å². The van der Waals surface area contributed by atoms with Crippen LogP contribution in [-0.2, 0) is 30.4 Å². The molecule has 1 unspecified atom stereocenters. The molecule has 2 aromatic rings. The van der Waals surface area contributed by atoms with E-state index in [1.807, 2.05) is 58.0 Å². The number of hydrogen-bond acceptors (Lipinski definition) is 7. The summed E-state index contributed by atoms with van der Waals surface area (Å²) in [6, 6.07) is 11.1. The van der Waals surface area contributed by atoms with Crippen LogP contribution in [0.4, 0.5) is 16.3 Å². The molecule has 0 aliphatic carbocycles. The van der Waals surface area contributed by atoms with E-state index in [1.165, 1.54) is 26.5 Å². The molecule has 0 saturated heterocycles. The Labute approximate surface area is 212 Å². The van der Waals surface area contributed by atoms with Crippen LogP contribution in [0.25, 0.3) is 0 Å². The summed E-state index contributed by atoms with van der Waals surface area (Å²) < 4.78 is 34.2. The number of benzene rings is 1. The van der Waals surface area contributed by atoms with Crippen LogP contribution in [0, 0.1) is 0 Å². The first kappa shape index (κ1) is 30.6. The summed E-state index contributed by atoms with van der Waals surface area (Å²) in [6.07, 6.45) is 0.192. The number of carbonyl (C=O) groups is 2. The predicted molar refractivity (Wildman–Crippen MR) is 141 cm³/mol. The highest BCUT2D eigenvalue weighted by molar-refractivity contribution is 7.85. The molecule has 2 aliphatic heterocycles. The number of aromatic nitrogens is 1. The van der Waals surface area contributed by atoms with Gasteiger partial charge in [0.2, 0.25) is 5.91 Å². The number of hydrogen-bond donors (Lipinski definition) is 0. The molecule has 0 fully saturated rings. The Balaban J connectivity index is 0.00000101. The fourth-order valence-electron chi connectivity index (χ4n) is 3.56. The van der Waals surface area contributed by atoms with Gasteiger partial charge in [-0.1, -0.05) is 58.0 Å². The minimum absolute atomic E-state index is 0.0356. The molecule has 10 nitrogen and oxygen atoms in total. The molecule has 3 heterocycles. The van der Waals surface area contributed by atoms with Crippen LogP contribution in [0.3, 0.4) is 0 Å². The maximum atomic E-state index is 12.7. The van der Waals surface area contributed by atoms with Crippen molar-refractivity contribution in [2.24, 2.45) is 0 Å². The zero-order valence-electron chi connectivity index (χ0n) is 21.5. The third-order valence-electron chi connectivity index (χ3n) is 4.88. The first-order valence-corrected chi connectivity index (χ1v) is 13.4. The van der Waals surface area contributed by atoms with Gasteiger partial charge in [0.05, 0.1) is 31.1 Å². The van der Waals surface area contributed by atoms with E-state index >= 15 is 0 Å². The van der Waals surface area contributed by atoms with Gasteiger partial charge in [0.15, 0.2) is 0 Å². The Kier molecular flexibility index (Phi) is 12.1. The van der Waals surface area contributed by atoms with Crippen molar-refractivity contribution in [2.75, 3.05) is 35.8 Å². The van der Waals surface area contributed by atoms with Crippen molar-refractivity contribution in [3.8, 4) is 0 Å². The van der Waals surface area contributed by atoms with Gasteiger partial charge in [-0.15, -0.1) is 13.2 Å². The molecule has 0 bridgehead atoms. The highest BCUT2D eigenvalue weighted by Crippen LogP contribution is 2.39. The lowest BCUT2D eigenvalue weighted by molar-refractivity contribution is -0.117. The van der Waals surface area contributed by atoms with Crippen molar-refractivity contribution in [3.63, 3.8) is 0 Å². The summed E-state index contributed by atoms with van der Waals surface area (Å²) >= 11 is 0. The predicted octanol–water partition coefficient (Wildman–Crippen LogP) is 3.72. The largest absolute Gasteiger partial charge is 0.444 e. The van der Waals surface area contributed by atoms with Crippen LogP contribution in [0.5, 0.6) is 0 Å². The molecule has 0 N–H and O–H groups in total. The maximum absolute atomic E-state index is 12.7. The Morgan fingerprint density at radius 2 is 1.64 bits per heavy atom. The average Bonchev–Trinajstić information content (AvgIpc) is 3.30. The lowest BCUT2D eigenvalue weighted by Crippen LogP contribution is -2.48. The summed E-state index contributed by atoms with van der Waals surface area (Å²) in [7, 11) is -3.72. The first-order valence-electron chi connectivity index (χ1n) is 11.6. The summed E-state index contributed by atoms with van der Waals surface area (Å²) in [5.41, 5.74) is 0.711. The third-order valence-corrected chi connectivity index (χ3v) is 5.44. The number of nitrogens with zero attached hydrogens (tertiary/aromatic N) is 3. The van der Waals surface area contributed by atoms with E-state index in [9.17, 15) is 22.8 Å². The third kappa shape index (κ3) is 7.28. The Morgan fingerprint density at radius 3 is 2.22 bits per heavy atom. The van der Waals surface area contributed by atoms with Gasteiger partial charge in [0.25, 0.3) is 15.7 Å². The highest BCUT2D eigenvalue weighted by Gasteiger charge is 2.42. The van der Waals surface area contributed by atoms with Crippen LogP contribution >= 0.6 is 0 Å². The van der Waals surface area contributed by atoms with Gasteiger partial charge in [-0.2, -0.15) is 8.42 Å². The van der Waals surface area contributed by atoms with Crippen LogP contribution in [-0.4, -0.2) is 50.9 Å². The Bertz CT molecular complexity index is 1180. The summed E-state index contributed by atoms with van der Waals surface area (Å²) in [5.74, 6) is -0.169. The molecule has 0 saturated carbocycles. The zero-order chi connectivity index (χ0) is 27.5. The summed E-state index contributed by atoms with van der Waals surface area (Å²) in [5, 5.41) is 0. The van der Waals surface area contributed by atoms with Crippen molar-refractivity contribution in [2.45, 2.75) is 40.3 Å². The fourth-order valence-corrected chi connectivity index (χ4v) is 3.96. The van der Waals surface area contributed by atoms with E-state index in [0.717, 1.165) is 11.8 Å². The average molecular weight is 522 g/mol. The molecule has 2 aliphatic rings. The van der Waals surface area contributed by atoms with E-state index in [1.54, 1.807) is 0 Å². The molecule has 1 atom stereocenters. The normalized spacial score (nSPS) is 15.2. The van der Waals surface area contributed by atoms with Gasteiger partial charge in [-0.3, -0.25) is 28.1 Å². The maximum Gasteiger partial charge on any atom is 0.415 e. The lowest BCUT2D eigenvalue weighted by atomic mass is 10.2. The number of ether oxygens (including phenoxy) is 1. The molecule has 0 spiro atoms. The number of carbonyl (C=O) groups excluding carboxylic acids is 2. The lowest BCUT2D eigenvalue weighted by Gasteiger charge is -2.32. The molecule has 2 amide bonds. The van der Waals surface area contributed by atoms with Gasteiger partial charge >= 0.3 is 6.09 Å². The van der Waals surface area contributed by atoms with Crippen molar-refractivity contribution in [3.05, 3.63) is 71.5 Å². The molecule has 36 heavy (non-hydrogen) atoms. The van der Waals surface area contributed by atoms with Crippen LogP contribution < -0.4 is 15.4 Å². The van der Waals surface area contributed by atoms with E-state index in [0.29, 0.717) is 5.69 Å². The second-order valence-corrected chi connectivity index (χ2v) is 8.67. The molecule has 1 aromatic heterocycles. The van der Waals surface area contributed by atoms with E-state index < -0.39 is 33.7 Å². The van der Waals surface area contributed by atoms with Crippen LogP contribution in [0.1, 0.15) is 39.3 Å². The van der Waals surface area contributed by atoms with Crippen LogP contribution in [0.15, 0.2) is 60.4 Å². The van der Waals surface area contributed by atoms with Crippen molar-refractivity contribution in [1.82, 2.24) is 4.57 Å². The minimum atomic E-state index is -3.72. The molecule has 198 valence electrons. The smallest absolute Gasteiger partial charge is 0.415 e. The van der Waals surface area contributed by atoms with Gasteiger partial charge in [0.1, 0.15) is 19.0 Å². The van der Waals surface area contributed by atoms with Gasteiger partial charge in [-0.05, 0) is 11.6 Å². The molecule has 11 heteroatoms. The Morgan fingerprint density at radius 1 is 1.03 bits per heavy atom. The topological polar surface area (TPSA) is 115 Å². The number of amides is 2. The number of rotatable bonds is 5. The summed E-state index contributed by atoms with van der Waals surface area (Å²) in [4.78, 5) is 40.4. The van der Waals surface area contributed by atoms with Gasteiger partial charge < -0.3 is 4.74 Å². The molecule has 1 aromatic carbocycles. The first-order chi connectivity index (χ1) is 17.2.